The molecule has 26 heavy (non-hydrogen) atoms. The van der Waals surface area contributed by atoms with Gasteiger partial charge in [-0.1, -0.05) is 18.2 Å². The Hall–Kier alpha value is -2.60. The number of carbonyl (C=O) groups is 1. The van der Waals surface area contributed by atoms with Gasteiger partial charge in [0.15, 0.2) is 5.76 Å². The number of benzene rings is 2. The van der Waals surface area contributed by atoms with Crippen molar-refractivity contribution in [2.45, 2.75) is 17.1 Å². The van der Waals surface area contributed by atoms with Crippen LogP contribution in [0.1, 0.15) is 21.7 Å². The predicted molar refractivity (Wildman–Crippen MR) is 96.4 cm³/mol. The molecule has 0 radical (unpaired) electrons. The number of amides is 1. The van der Waals surface area contributed by atoms with Gasteiger partial charge in [-0.05, 0) is 30.7 Å². The summed E-state index contributed by atoms with van der Waals surface area (Å²) in [6.07, 6.45) is 1.83. The van der Waals surface area contributed by atoms with Crippen LogP contribution in [0.3, 0.4) is 0 Å². The quantitative estimate of drug-likeness (QED) is 0.602. The van der Waals surface area contributed by atoms with Gasteiger partial charge in [-0.2, -0.15) is 0 Å². The molecule has 0 aliphatic carbocycles. The summed E-state index contributed by atoms with van der Waals surface area (Å²) in [7, 11) is 0. The van der Waals surface area contributed by atoms with Gasteiger partial charge in [-0.3, -0.25) is 4.79 Å². The number of carbonyl (C=O) groups excluding carboxylic acids is 1. The SMILES string of the molecule is O=C(c1occc1CSc1ccccc1)N1CCc2c(F)cc(F)cc21. The highest BCUT2D eigenvalue weighted by molar-refractivity contribution is 7.98. The Balaban J connectivity index is 1.57. The molecule has 1 aliphatic heterocycles. The third-order valence-electron chi connectivity index (χ3n) is 4.34. The van der Waals surface area contributed by atoms with E-state index in [2.05, 4.69) is 0 Å². The zero-order chi connectivity index (χ0) is 18.1. The van der Waals surface area contributed by atoms with Crippen LogP contribution in [-0.4, -0.2) is 12.5 Å². The lowest BCUT2D eigenvalue weighted by molar-refractivity contribution is 0.0962. The fourth-order valence-corrected chi connectivity index (χ4v) is 3.97. The first-order valence-corrected chi connectivity index (χ1v) is 9.16. The maximum Gasteiger partial charge on any atom is 0.294 e. The van der Waals surface area contributed by atoms with E-state index in [4.69, 9.17) is 4.42 Å². The van der Waals surface area contributed by atoms with Gasteiger partial charge in [0.2, 0.25) is 0 Å². The molecule has 2 heterocycles. The third-order valence-corrected chi connectivity index (χ3v) is 5.40. The minimum absolute atomic E-state index is 0.214. The Morgan fingerprint density at radius 3 is 2.77 bits per heavy atom. The molecule has 3 aromatic rings. The van der Waals surface area contributed by atoms with Crippen LogP contribution in [0.4, 0.5) is 14.5 Å². The minimum atomic E-state index is -0.694. The maximum atomic E-state index is 13.9. The van der Waals surface area contributed by atoms with Crippen molar-refractivity contribution in [3.63, 3.8) is 0 Å². The molecule has 0 N–H and O–H groups in total. The molecule has 0 saturated carbocycles. The molecule has 0 spiro atoms. The smallest absolute Gasteiger partial charge is 0.294 e. The Morgan fingerprint density at radius 1 is 1.15 bits per heavy atom. The van der Waals surface area contributed by atoms with Gasteiger partial charge < -0.3 is 9.32 Å². The van der Waals surface area contributed by atoms with Gasteiger partial charge in [0.05, 0.1) is 12.0 Å². The highest BCUT2D eigenvalue weighted by Crippen LogP contribution is 2.33. The Kier molecular flexibility index (Phi) is 4.51. The summed E-state index contributed by atoms with van der Waals surface area (Å²) in [4.78, 5) is 15.4. The first-order chi connectivity index (χ1) is 12.6. The average molecular weight is 371 g/mol. The number of furan rings is 1. The number of hydrogen-bond donors (Lipinski definition) is 0. The van der Waals surface area contributed by atoms with Gasteiger partial charge in [0.25, 0.3) is 5.91 Å². The second-order valence-electron chi connectivity index (χ2n) is 5.97. The van der Waals surface area contributed by atoms with Crippen molar-refractivity contribution in [1.29, 1.82) is 0 Å². The first-order valence-electron chi connectivity index (χ1n) is 8.17. The van der Waals surface area contributed by atoms with E-state index in [1.54, 1.807) is 17.8 Å². The van der Waals surface area contributed by atoms with Crippen molar-refractivity contribution in [1.82, 2.24) is 0 Å². The first kappa shape index (κ1) is 16.8. The molecule has 1 aliphatic rings. The molecule has 1 aromatic heterocycles. The molecular weight excluding hydrogens is 356 g/mol. The van der Waals surface area contributed by atoms with E-state index < -0.39 is 11.6 Å². The van der Waals surface area contributed by atoms with Crippen LogP contribution in [0, 0.1) is 11.6 Å². The van der Waals surface area contributed by atoms with E-state index >= 15 is 0 Å². The summed E-state index contributed by atoms with van der Waals surface area (Å²) < 4.78 is 32.9. The van der Waals surface area contributed by atoms with E-state index in [0.717, 1.165) is 16.5 Å². The van der Waals surface area contributed by atoms with E-state index in [1.807, 2.05) is 30.3 Å². The molecule has 132 valence electrons. The van der Waals surface area contributed by atoms with E-state index in [-0.39, 0.29) is 17.4 Å². The van der Waals surface area contributed by atoms with Crippen LogP contribution in [-0.2, 0) is 12.2 Å². The van der Waals surface area contributed by atoms with Gasteiger partial charge >= 0.3 is 0 Å². The Labute approximate surface area is 153 Å². The van der Waals surface area contributed by atoms with Crippen molar-refractivity contribution in [2.24, 2.45) is 0 Å². The second-order valence-corrected chi connectivity index (χ2v) is 7.02. The van der Waals surface area contributed by atoms with E-state index in [1.165, 1.54) is 17.2 Å². The summed E-state index contributed by atoms with van der Waals surface area (Å²) in [6, 6.07) is 13.6. The lowest BCUT2D eigenvalue weighted by atomic mass is 10.1. The number of nitrogens with zero attached hydrogens (tertiary/aromatic N) is 1. The standard InChI is InChI=1S/C20H15F2NO2S/c21-14-10-17(22)16-6-8-23(18(16)11-14)20(24)19-13(7-9-25-19)12-26-15-4-2-1-3-5-15/h1-5,7,9-11H,6,8,12H2. The fraction of sp³-hybridized carbons (Fsp3) is 0.150. The molecule has 0 fully saturated rings. The van der Waals surface area contributed by atoms with Crippen LogP contribution in [0.25, 0.3) is 0 Å². The molecule has 0 saturated heterocycles. The summed E-state index contributed by atoms with van der Waals surface area (Å²) in [5.41, 5.74) is 1.41. The second kappa shape index (κ2) is 6.96. The van der Waals surface area contributed by atoms with Crippen LogP contribution in [0.15, 0.2) is 64.1 Å². The third kappa shape index (κ3) is 3.12. The van der Waals surface area contributed by atoms with Crippen LogP contribution < -0.4 is 4.90 Å². The summed E-state index contributed by atoms with van der Waals surface area (Å²) in [5.74, 6) is -0.900. The number of fused-ring (bicyclic) bond motifs is 1. The molecule has 2 aromatic carbocycles. The zero-order valence-electron chi connectivity index (χ0n) is 13.7. The Bertz CT molecular complexity index is 956. The summed E-state index contributed by atoms with van der Waals surface area (Å²) in [5, 5.41) is 0. The normalized spacial score (nSPS) is 13.1. The van der Waals surface area contributed by atoms with Gasteiger partial charge in [-0.25, -0.2) is 8.78 Å². The predicted octanol–water partition coefficient (Wildman–Crippen LogP) is 5.05. The van der Waals surface area contributed by atoms with Crippen LogP contribution >= 0.6 is 11.8 Å². The summed E-state index contributed by atoms with van der Waals surface area (Å²) >= 11 is 1.59. The van der Waals surface area contributed by atoms with Crippen molar-refractivity contribution in [2.75, 3.05) is 11.4 Å². The van der Waals surface area contributed by atoms with Gasteiger partial charge in [0.1, 0.15) is 11.6 Å². The lowest BCUT2D eigenvalue weighted by Crippen LogP contribution is -2.29. The highest BCUT2D eigenvalue weighted by Gasteiger charge is 2.31. The molecular formula is C20H15F2NO2S. The zero-order valence-corrected chi connectivity index (χ0v) is 14.6. The highest BCUT2D eigenvalue weighted by atomic mass is 32.2. The monoisotopic (exact) mass is 371 g/mol. The topological polar surface area (TPSA) is 33.5 Å². The fourth-order valence-electron chi connectivity index (χ4n) is 3.07. The number of hydrogen-bond acceptors (Lipinski definition) is 3. The lowest BCUT2D eigenvalue weighted by Gasteiger charge is -2.17. The molecule has 0 unspecified atom stereocenters. The molecule has 0 bridgehead atoms. The average Bonchev–Trinajstić information content (AvgIpc) is 3.27. The molecule has 0 atom stereocenters. The summed E-state index contributed by atoms with van der Waals surface area (Å²) in [6.45, 7) is 0.306. The molecule has 4 rings (SSSR count). The maximum absolute atomic E-state index is 13.9. The van der Waals surface area contributed by atoms with E-state index in [0.29, 0.717) is 24.3 Å². The minimum Gasteiger partial charge on any atom is -0.459 e. The van der Waals surface area contributed by atoms with Crippen molar-refractivity contribution < 1.29 is 18.0 Å². The number of halogens is 2. The van der Waals surface area contributed by atoms with Crippen molar-refractivity contribution in [3.05, 3.63) is 83.3 Å². The largest absolute Gasteiger partial charge is 0.459 e. The molecule has 1 amide bonds. The van der Waals surface area contributed by atoms with Crippen molar-refractivity contribution >= 4 is 23.4 Å². The van der Waals surface area contributed by atoms with Gasteiger partial charge in [0, 0.05) is 34.4 Å². The van der Waals surface area contributed by atoms with Crippen molar-refractivity contribution in [3.8, 4) is 0 Å². The van der Waals surface area contributed by atoms with E-state index in [9.17, 15) is 13.6 Å². The van der Waals surface area contributed by atoms with Crippen LogP contribution in [0.2, 0.25) is 0 Å². The molecule has 6 heteroatoms. The Morgan fingerprint density at radius 2 is 1.96 bits per heavy atom. The number of thioether (sulfide) groups is 1. The number of anilines is 1. The molecule has 3 nitrogen and oxygen atoms in total. The van der Waals surface area contributed by atoms with Gasteiger partial charge in [-0.15, -0.1) is 11.8 Å². The number of rotatable bonds is 4. The van der Waals surface area contributed by atoms with Crippen LogP contribution in [0.5, 0.6) is 0 Å².